The van der Waals surface area contributed by atoms with E-state index in [2.05, 4.69) is 73.7 Å². The number of hydrogen-bond acceptors (Lipinski definition) is 2. The summed E-state index contributed by atoms with van der Waals surface area (Å²) in [5.41, 5.74) is 6.67. The molecule has 2 rings (SSSR count). The molecule has 0 bridgehead atoms. The van der Waals surface area contributed by atoms with E-state index in [1.54, 1.807) is 0 Å². The van der Waals surface area contributed by atoms with E-state index < -0.39 is 0 Å². The minimum Gasteiger partial charge on any atom is -0.382 e. The number of hydrogen-bond donors (Lipinski definition) is 1. The number of rotatable bonds is 8. The highest BCUT2D eigenvalue weighted by Gasteiger charge is 2.11. The molecule has 25 heavy (non-hydrogen) atoms. The molecule has 0 saturated carbocycles. The first-order valence-electron chi connectivity index (χ1n) is 9.11. The highest BCUT2D eigenvalue weighted by molar-refractivity contribution is 5.83. The Kier molecular flexibility index (Phi) is 7.00. The summed E-state index contributed by atoms with van der Waals surface area (Å²) in [7, 11) is 0. The van der Waals surface area contributed by atoms with Crippen LogP contribution in [0, 0.1) is 6.92 Å². The fraction of sp³-hybridized carbons (Fsp3) is 0.348. The van der Waals surface area contributed by atoms with Crippen molar-refractivity contribution in [2.24, 2.45) is 4.99 Å². The van der Waals surface area contributed by atoms with E-state index >= 15 is 0 Å². The number of benzene rings is 1. The van der Waals surface area contributed by atoms with E-state index in [9.17, 15) is 0 Å². The standard InChI is InChI=1S/C23H30N2/c1-6-23(15-20-10-8-7-9-11-20)25-19(5)21-12-13-22(18(4)14-21)16-24-17(2)3/h8,10-14,16,23,25H,2,5-7,9,15H2,1,3-4H3. The van der Waals surface area contributed by atoms with Crippen LogP contribution in [0.25, 0.3) is 5.70 Å². The number of allylic oxidation sites excluding steroid dienone is 4. The van der Waals surface area contributed by atoms with Crippen molar-refractivity contribution in [1.29, 1.82) is 0 Å². The molecule has 0 heterocycles. The summed E-state index contributed by atoms with van der Waals surface area (Å²) in [5, 5.41) is 3.61. The third-order valence-corrected chi connectivity index (χ3v) is 4.47. The molecule has 1 N–H and O–H groups in total. The van der Waals surface area contributed by atoms with Crippen LogP contribution in [0.15, 0.2) is 65.8 Å². The first kappa shape index (κ1) is 19.0. The molecule has 0 radical (unpaired) electrons. The lowest BCUT2D eigenvalue weighted by molar-refractivity contribution is 0.575. The summed E-state index contributed by atoms with van der Waals surface area (Å²) in [6, 6.07) is 6.78. The fourth-order valence-electron chi connectivity index (χ4n) is 2.92. The van der Waals surface area contributed by atoms with Crippen LogP contribution < -0.4 is 5.32 Å². The zero-order valence-electron chi connectivity index (χ0n) is 15.8. The fourth-order valence-corrected chi connectivity index (χ4v) is 2.92. The molecule has 0 aliphatic heterocycles. The van der Waals surface area contributed by atoms with Gasteiger partial charge >= 0.3 is 0 Å². The number of aliphatic imine (C=N–C) groups is 1. The maximum absolute atomic E-state index is 4.29. The molecule has 0 fully saturated rings. The van der Waals surface area contributed by atoms with Crippen LogP contribution in [0.5, 0.6) is 0 Å². The highest BCUT2D eigenvalue weighted by Crippen LogP contribution is 2.20. The lowest BCUT2D eigenvalue weighted by atomic mass is 9.98. The Morgan fingerprint density at radius 2 is 2.12 bits per heavy atom. The van der Waals surface area contributed by atoms with Crippen molar-refractivity contribution in [3.63, 3.8) is 0 Å². The highest BCUT2D eigenvalue weighted by atomic mass is 14.9. The summed E-state index contributed by atoms with van der Waals surface area (Å²) in [6.45, 7) is 14.3. The van der Waals surface area contributed by atoms with Gasteiger partial charge < -0.3 is 5.32 Å². The largest absolute Gasteiger partial charge is 0.382 e. The van der Waals surface area contributed by atoms with E-state index in [1.165, 1.54) is 17.6 Å². The molecule has 1 aromatic rings. The molecule has 0 amide bonds. The van der Waals surface area contributed by atoms with Gasteiger partial charge in [0.2, 0.25) is 0 Å². The molecule has 2 nitrogen and oxygen atoms in total. The van der Waals surface area contributed by atoms with Crippen molar-refractivity contribution in [1.82, 2.24) is 5.32 Å². The molecule has 1 aromatic carbocycles. The minimum atomic E-state index is 0.409. The van der Waals surface area contributed by atoms with Crippen LogP contribution in [0.1, 0.15) is 56.2 Å². The van der Waals surface area contributed by atoms with Crippen molar-refractivity contribution in [2.45, 2.75) is 52.5 Å². The van der Waals surface area contributed by atoms with E-state index in [1.807, 2.05) is 13.1 Å². The predicted molar refractivity (Wildman–Crippen MR) is 111 cm³/mol. The van der Waals surface area contributed by atoms with Gasteiger partial charge in [-0.1, -0.05) is 56.0 Å². The van der Waals surface area contributed by atoms with Gasteiger partial charge in [-0.2, -0.15) is 0 Å². The lowest BCUT2D eigenvalue weighted by Gasteiger charge is -2.22. The monoisotopic (exact) mass is 334 g/mol. The molecule has 0 saturated heterocycles. The summed E-state index contributed by atoms with van der Waals surface area (Å²) < 4.78 is 0. The quantitative estimate of drug-likeness (QED) is 0.583. The Labute approximate surface area is 152 Å². The molecule has 1 unspecified atom stereocenters. The van der Waals surface area contributed by atoms with Crippen LogP contribution in [-0.4, -0.2) is 12.3 Å². The van der Waals surface area contributed by atoms with Gasteiger partial charge in [-0.05, 0) is 62.3 Å². The van der Waals surface area contributed by atoms with Crippen molar-refractivity contribution in [2.75, 3.05) is 0 Å². The van der Waals surface area contributed by atoms with Crippen molar-refractivity contribution < 1.29 is 0 Å². The summed E-state index contributed by atoms with van der Waals surface area (Å²) >= 11 is 0. The average molecular weight is 335 g/mol. The number of nitrogens with zero attached hydrogens (tertiary/aromatic N) is 1. The third kappa shape index (κ3) is 5.90. The predicted octanol–water partition coefficient (Wildman–Crippen LogP) is 5.95. The number of aryl methyl sites for hydroxylation is 1. The molecule has 1 atom stereocenters. The smallest absolute Gasteiger partial charge is 0.0345 e. The van der Waals surface area contributed by atoms with Gasteiger partial charge in [0.1, 0.15) is 0 Å². The number of nitrogens with one attached hydrogen (secondary N) is 1. The van der Waals surface area contributed by atoms with E-state index in [-0.39, 0.29) is 0 Å². The van der Waals surface area contributed by atoms with Crippen LogP contribution in [0.3, 0.4) is 0 Å². The third-order valence-electron chi connectivity index (χ3n) is 4.47. The van der Waals surface area contributed by atoms with Gasteiger partial charge in [0.25, 0.3) is 0 Å². The van der Waals surface area contributed by atoms with Gasteiger partial charge in [0.05, 0.1) is 0 Å². The van der Waals surface area contributed by atoms with E-state index in [0.717, 1.165) is 41.8 Å². The van der Waals surface area contributed by atoms with Gasteiger partial charge in [0, 0.05) is 23.7 Å². The molecule has 0 spiro atoms. The molecule has 2 heteroatoms. The molecular weight excluding hydrogens is 304 g/mol. The first-order valence-corrected chi connectivity index (χ1v) is 9.11. The molecule has 132 valence electrons. The zero-order chi connectivity index (χ0) is 18.2. The molecule has 0 aromatic heterocycles. The van der Waals surface area contributed by atoms with Gasteiger partial charge in [-0.15, -0.1) is 0 Å². The Morgan fingerprint density at radius 3 is 2.72 bits per heavy atom. The van der Waals surface area contributed by atoms with Gasteiger partial charge in [0.15, 0.2) is 0 Å². The van der Waals surface area contributed by atoms with Gasteiger partial charge in [-0.3, -0.25) is 4.99 Å². The van der Waals surface area contributed by atoms with Crippen LogP contribution >= 0.6 is 0 Å². The Balaban J connectivity index is 2.03. The summed E-state index contributed by atoms with van der Waals surface area (Å²) in [5.74, 6) is 0. The maximum atomic E-state index is 4.29. The normalized spacial score (nSPS) is 15.1. The lowest BCUT2D eigenvalue weighted by Crippen LogP contribution is -2.27. The molecule has 1 aliphatic carbocycles. The minimum absolute atomic E-state index is 0.409. The average Bonchev–Trinajstić information content (AvgIpc) is 2.60. The molecule has 1 aliphatic rings. The van der Waals surface area contributed by atoms with Crippen molar-refractivity contribution >= 4 is 11.9 Å². The SMILES string of the molecule is C=C(C)N=Cc1ccc(C(=C)NC(CC)CC2=CCCC=C2)cc1C. The second kappa shape index (κ2) is 9.22. The van der Waals surface area contributed by atoms with Crippen molar-refractivity contribution in [3.8, 4) is 0 Å². The second-order valence-electron chi connectivity index (χ2n) is 6.76. The topological polar surface area (TPSA) is 24.4 Å². The Bertz CT molecular complexity index is 720. The Hall–Kier alpha value is -2.35. The maximum Gasteiger partial charge on any atom is 0.0345 e. The van der Waals surface area contributed by atoms with Crippen LogP contribution in [0.2, 0.25) is 0 Å². The first-order chi connectivity index (χ1) is 12.0. The van der Waals surface area contributed by atoms with Gasteiger partial charge in [-0.25, -0.2) is 0 Å². The zero-order valence-corrected chi connectivity index (χ0v) is 15.8. The Morgan fingerprint density at radius 1 is 1.32 bits per heavy atom. The van der Waals surface area contributed by atoms with E-state index in [0.29, 0.717) is 6.04 Å². The summed E-state index contributed by atoms with van der Waals surface area (Å²) in [6.07, 6.45) is 13.2. The van der Waals surface area contributed by atoms with Crippen molar-refractivity contribution in [3.05, 3.63) is 77.5 Å². The second-order valence-corrected chi connectivity index (χ2v) is 6.76. The van der Waals surface area contributed by atoms with E-state index in [4.69, 9.17) is 0 Å². The van der Waals surface area contributed by atoms with Crippen LogP contribution in [0.4, 0.5) is 0 Å². The molecular formula is C23H30N2. The van der Waals surface area contributed by atoms with Crippen LogP contribution in [-0.2, 0) is 0 Å². The summed E-state index contributed by atoms with van der Waals surface area (Å²) in [4.78, 5) is 4.29.